The molecule has 0 saturated carbocycles. The van der Waals surface area contributed by atoms with Crippen molar-refractivity contribution in [1.82, 2.24) is 5.32 Å². The molecule has 152 valence electrons. The summed E-state index contributed by atoms with van der Waals surface area (Å²) in [6.45, 7) is 5.75. The number of amides is 1. The van der Waals surface area contributed by atoms with Crippen molar-refractivity contribution in [3.8, 4) is 0 Å². The third kappa shape index (κ3) is 4.95. The van der Waals surface area contributed by atoms with Gasteiger partial charge in [0.1, 0.15) is 6.04 Å². The van der Waals surface area contributed by atoms with Crippen LogP contribution in [-0.2, 0) is 21.4 Å². The summed E-state index contributed by atoms with van der Waals surface area (Å²) >= 11 is 0. The van der Waals surface area contributed by atoms with Gasteiger partial charge < -0.3 is 5.32 Å². The van der Waals surface area contributed by atoms with Crippen LogP contribution in [0.5, 0.6) is 0 Å². The summed E-state index contributed by atoms with van der Waals surface area (Å²) in [6.07, 6.45) is 1.12. The van der Waals surface area contributed by atoms with Crippen molar-refractivity contribution >= 4 is 32.4 Å². The minimum Gasteiger partial charge on any atom is -0.350 e. The van der Waals surface area contributed by atoms with E-state index in [1.165, 1.54) is 4.31 Å². The van der Waals surface area contributed by atoms with Gasteiger partial charge in [0.25, 0.3) is 0 Å². The molecule has 0 aliphatic carbocycles. The van der Waals surface area contributed by atoms with Crippen LogP contribution in [0.4, 0.5) is 5.69 Å². The topological polar surface area (TPSA) is 66.5 Å². The number of nitrogens with one attached hydrogen (secondary N) is 1. The molecule has 0 saturated heterocycles. The molecule has 0 fully saturated rings. The first-order chi connectivity index (χ1) is 13.6. The molecule has 1 amide bonds. The largest absolute Gasteiger partial charge is 0.350 e. The van der Waals surface area contributed by atoms with Crippen molar-refractivity contribution in [2.24, 2.45) is 0 Å². The second-order valence-electron chi connectivity index (χ2n) is 7.48. The van der Waals surface area contributed by atoms with Crippen LogP contribution in [-0.4, -0.2) is 26.6 Å². The zero-order valence-corrected chi connectivity index (χ0v) is 18.0. The average Bonchev–Trinajstić information content (AvgIpc) is 2.64. The number of rotatable bonds is 6. The Balaban J connectivity index is 1.80. The predicted octanol–water partition coefficient (Wildman–Crippen LogP) is 3.93. The highest BCUT2D eigenvalue weighted by atomic mass is 32.2. The lowest BCUT2D eigenvalue weighted by Crippen LogP contribution is -2.47. The molecular formula is C23H26N2O3S. The normalized spacial score (nSPS) is 12.6. The SMILES string of the molecule is Cc1cc(C)cc(N([C@H](C)C(=O)NCc2ccc3ccccc3c2)S(C)(=O)=O)c1. The van der Waals surface area contributed by atoms with Crippen LogP contribution in [0.25, 0.3) is 10.8 Å². The van der Waals surface area contributed by atoms with Gasteiger partial charge in [-0.15, -0.1) is 0 Å². The molecule has 3 aromatic carbocycles. The highest BCUT2D eigenvalue weighted by Crippen LogP contribution is 2.24. The molecule has 0 spiro atoms. The zero-order chi connectivity index (χ0) is 21.2. The maximum Gasteiger partial charge on any atom is 0.243 e. The number of carbonyl (C=O) groups is 1. The van der Waals surface area contributed by atoms with Crippen LogP contribution in [0, 0.1) is 13.8 Å². The third-order valence-electron chi connectivity index (χ3n) is 4.83. The minimum atomic E-state index is -3.64. The van der Waals surface area contributed by atoms with Crippen LogP contribution in [0.15, 0.2) is 60.7 Å². The standard InChI is InChI=1S/C23H26N2O3S/c1-16-11-17(2)13-22(12-16)25(29(4,27)28)18(3)23(26)24-15-19-9-10-20-7-5-6-8-21(20)14-19/h5-14,18H,15H2,1-4H3,(H,24,26)/t18-/m1/s1. The molecule has 3 rings (SSSR count). The summed E-state index contributed by atoms with van der Waals surface area (Å²) in [7, 11) is -3.64. The maximum absolute atomic E-state index is 12.8. The van der Waals surface area contributed by atoms with Gasteiger partial charge in [-0.25, -0.2) is 8.42 Å². The summed E-state index contributed by atoms with van der Waals surface area (Å²) in [5.74, 6) is -0.345. The van der Waals surface area contributed by atoms with Crippen LogP contribution in [0.1, 0.15) is 23.6 Å². The van der Waals surface area contributed by atoms with Gasteiger partial charge in [0.05, 0.1) is 11.9 Å². The van der Waals surface area contributed by atoms with E-state index in [4.69, 9.17) is 0 Å². The highest BCUT2D eigenvalue weighted by molar-refractivity contribution is 7.92. The van der Waals surface area contributed by atoms with E-state index in [0.717, 1.165) is 33.7 Å². The Hall–Kier alpha value is -2.86. The lowest BCUT2D eigenvalue weighted by molar-refractivity contribution is -0.122. The smallest absolute Gasteiger partial charge is 0.243 e. The average molecular weight is 411 g/mol. The van der Waals surface area contributed by atoms with E-state index in [1.54, 1.807) is 19.1 Å². The number of carbonyl (C=O) groups excluding carboxylic acids is 1. The van der Waals surface area contributed by atoms with Gasteiger partial charge in [-0.1, -0.05) is 42.5 Å². The second-order valence-corrected chi connectivity index (χ2v) is 9.34. The van der Waals surface area contributed by atoms with Crippen LogP contribution < -0.4 is 9.62 Å². The first-order valence-corrected chi connectivity index (χ1v) is 11.3. The number of benzene rings is 3. The fourth-order valence-corrected chi connectivity index (χ4v) is 4.73. The van der Waals surface area contributed by atoms with Crippen molar-refractivity contribution in [3.05, 3.63) is 77.4 Å². The molecule has 0 radical (unpaired) electrons. The van der Waals surface area contributed by atoms with E-state index in [1.807, 2.05) is 62.4 Å². The minimum absolute atomic E-state index is 0.332. The molecule has 0 aromatic heterocycles. The third-order valence-corrected chi connectivity index (χ3v) is 6.07. The number of sulfonamides is 1. The molecule has 6 heteroatoms. The fraction of sp³-hybridized carbons (Fsp3) is 0.261. The van der Waals surface area contributed by atoms with Gasteiger partial charge in [0.15, 0.2) is 0 Å². The summed E-state index contributed by atoms with van der Waals surface area (Å²) in [6, 6.07) is 18.7. The highest BCUT2D eigenvalue weighted by Gasteiger charge is 2.29. The number of hydrogen-bond acceptors (Lipinski definition) is 3. The maximum atomic E-state index is 12.8. The Bertz CT molecular complexity index is 1140. The van der Waals surface area contributed by atoms with Gasteiger partial charge >= 0.3 is 0 Å². The Morgan fingerprint density at radius 1 is 0.966 bits per heavy atom. The van der Waals surface area contributed by atoms with Crippen molar-refractivity contribution in [2.45, 2.75) is 33.4 Å². The molecular weight excluding hydrogens is 384 g/mol. The lowest BCUT2D eigenvalue weighted by Gasteiger charge is -2.28. The van der Waals surface area contributed by atoms with Crippen molar-refractivity contribution in [1.29, 1.82) is 0 Å². The molecule has 0 aliphatic rings. The molecule has 0 bridgehead atoms. The van der Waals surface area contributed by atoms with E-state index in [9.17, 15) is 13.2 Å². The van der Waals surface area contributed by atoms with Crippen molar-refractivity contribution in [3.63, 3.8) is 0 Å². The molecule has 5 nitrogen and oxygen atoms in total. The lowest BCUT2D eigenvalue weighted by atomic mass is 10.1. The number of fused-ring (bicyclic) bond motifs is 1. The van der Waals surface area contributed by atoms with E-state index < -0.39 is 16.1 Å². The van der Waals surface area contributed by atoms with E-state index >= 15 is 0 Å². The molecule has 1 N–H and O–H groups in total. The number of anilines is 1. The molecule has 3 aromatic rings. The molecule has 0 unspecified atom stereocenters. The van der Waals surface area contributed by atoms with E-state index in [-0.39, 0.29) is 5.91 Å². The summed E-state index contributed by atoms with van der Waals surface area (Å²) < 4.78 is 26.1. The number of hydrogen-bond donors (Lipinski definition) is 1. The van der Waals surface area contributed by atoms with Crippen LogP contribution in [0.3, 0.4) is 0 Å². The van der Waals surface area contributed by atoms with Gasteiger partial charge in [-0.2, -0.15) is 0 Å². The molecule has 0 aliphatic heterocycles. The Labute approximate surface area is 172 Å². The Morgan fingerprint density at radius 2 is 1.59 bits per heavy atom. The van der Waals surface area contributed by atoms with Gasteiger partial charge in [0.2, 0.25) is 15.9 Å². The molecule has 1 atom stereocenters. The summed E-state index contributed by atoms with van der Waals surface area (Å²) in [5, 5.41) is 5.10. The predicted molar refractivity (Wildman–Crippen MR) is 118 cm³/mol. The van der Waals surface area contributed by atoms with Crippen molar-refractivity contribution < 1.29 is 13.2 Å². The van der Waals surface area contributed by atoms with Gasteiger partial charge in [-0.3, -0.25) is 9.10 Å². The second kappa shape index (κ2) is 8.25. The quantitative estimate of drug-likeness (QED) is 0.670. The molecule has 29 heavy (non-hydrogen) atoms. The Kier molecular flexibility index (Phi) is 5.94. The summed E-state index contributed by atoms with van der Waals surface area (Å²) in [5.41, 5.74) is 3.34. The Morgan fingerprint density at radius 3 is 2.21 bits per heavy atom. The van der Waals surface area contributed by atoms with Gasteiger partial charge in [0, 0.05) is 6.54 Å². The van der Waals surface area contributed by atoms with E-state index in [2.05, 4.69) is 5.32 Å². The molecule has 0 heterocycles. The van der Waals surface area contributed by atoms with Crippen molar-refractivity contribution in [2.75, 3.05) is 10.6 Å². The first kappa shape index (κ1) is 20.9. The van der Waals surface area contributed by atoms with Crippen LogP contribution >= 0.6 is 0 Å². The number of nitrogens with zero attached hydrogens (tertiary/aromatic N) is 1. The fourth-order valence-electron chi connectivity index (χ4n) is 3.57. The monoisotopic (exact) mass is 410 g/mol. The van der Waals surface area contributed by atoms with E-state index in [0.29, 0.717) is 12.2 Å². The van der Waals surface area contributed by atoms with Gasteiger partial charge in [-0.05, 0) is 66.4 Å². The summed E-state index contributed by atoms with van der Waals surface area (Å²) in [4.78, 5) is 12.8. The van der Waals surface area contributed by atoms with Crippen LogP contribution in [0.2, 0.25) is 0 Å². The number of aryl methyl sites for hydroxylation is 2. The first-order valence-electron chi connectivity index (χ1n) is 9.48. The zero-order valence-electron chi connectivity index (χ0n) is 17.1.